The number of aromatic nitrogens is 2. The average molecular weight is 348 g/mol. The fourth-order valence-electron chi connectivity index (χ4n) is 2.86. The molecule has 0 radical (unpaired) electrons. The first-order chi connectivity index (χ1) is 12.7. The summed E-state index contributed by atoms with van der Waals surface area (Å²) < 4.78 is 0. The minimum absolute atomic E-state index is 0.350. The number of H-pyrrole nitrogens is 1. The summed E-state index contributed by atoms with van der Waals surface area (Å²) >= 11 is 0. The predicted molar refractivity (Wildman–Crippen MR) is 104 cm³/mol. The maximum atomic E-state index is 6.15. The van der Waals surface area contributed by atoms with Gasteiger partial charge in [-0.05, 0) is 30.3 Å². The summed E-state index contributed by atoms with van der Waals surface area (Å²) in [6, 6.07) is 15.9. The Labute approximate surface area is 150 Å². The lowest BCUT2D eigenvalue weighted by Gasteiger charge is -2.32. The van der Waals surface area contributed by atoms with Crippen molar-refractivity contribution in [2.75, 3.05) is 17.4 Å². The Bertz CT molecular complexity index is 959. The number of nitrogens with one attached hydrogen (secondary N) is 4. The molecule has 0 saturated carbocycles. The number of aliphatic imine (C=N–C) groups is 1. The van der Waals surface area contributed by atoms with Gasteiger partial charge in [0.25, 0.3) is 0 Å². The molecule has 0 saturated heterocycles. The number of aromatic amines is 1. The second-order valence-corrected chi connectivity index (χ2v) is 5.84. The molecule has 1 atom stereocenters. The van der Waals surface area contributed by atoms with Crippen LogP contribution < -0.4 is 26.8 Å². The van der Waals surface area contributed by atoms with Crippen molar-refractivity contribution in [2.45, 2.75) is 6.29 Å². The number of hydrogen-bond acceptors (Lipinski definition) is 7. The zero-order valence-electron chi connectivity index (χ0n) is 14.3. The summed E-state index contributed by atoms with van der Waals surface area (Å²) in [5.41, 5.74) is 12.7. The summed E-state index contributed by atoms with van der Waals surface area (Å²) in [5.74, 6) is 0.730. The van der Waals surface area contributed by atoms with Gasteiger partial charge >= 0.3 is 0 Å². The summed E-state index contributed by atoms with van der Waals surface area (Å²) in [7, 11) is 1.84. The van der Waals surface area contributed by atoms with E-state index in [0.717, 1.165) is 28.1 Å². The number of hydrogen-bond donors (Lipinski definition) is 5. The van der Waals surface area contributed by atoms with Crippen molar-refractivity contribution in [3.8, 4) is 0 Å². The summed E-state index contributed by atoms with van der Waals surface area (Å²) in [6.45, 7) is 0. The molecule has 2 heterocycles. The molecule has 1 aliphatic rings. The predicted octanol–water partition coefficient (Wildman–Crippen LogP) is 1.70. The van der Waals surface area contributed by atoms with Crippen molar-refractivity contribution in [1.29, 1.82) is 0 Å². The van der Waals surface area contributed by atoms with Gasteiger partial charge in [-0.25, -0.2) is 10.4 Å². The third kappa shape index (κ3) is 3.05. The molecule has 1 aromatic heterocycles. The Hall–Kier alpha value is -3.52. The molecule has 1 unspecified atom stereocenters. The van der Waals surface area contributed by atoms with Crippen molar-refractivity contribution >= 4 is 28.5 Å². The van der Waals surface area contributed by atoms with Crippen molar-refractivity contribution in [3.63, 3.8) is 0 Å². The van der Waals surface area contributed by atoms with Crippen LogP contribution in [0.15, 0.2) is 71.2 Å². The highest BCUT2D eigenvalue weighted by atomic mass is 15.6. The van der Waals surface area contributed by atoms with Gasteiger partial charge in [-0.3, -0.25) is 10.1 Å². The Morgan fingerprint density at radius 3 is 2.81 bits per heavy atom. The molecule has 1 aliphatic heterocycles. The number of fused-ring (bicyclic) bond motifs is 1. The highest BCUT2D eigenvalue weighted by Gasteiger charge is 2.20. The number of para-hydroxylation sites is 1. The van der Waals surface area contributed by atoms with Crippen LogP contribution in [-0.2, 0) is 0 Å². The van der Waals surface area contributed by atoms with Gasteiger partial charge in [0, 0.05) is 18.1 Å². The minimum atomic E-state index is -0.350. The first-order valence-electron chi connectivity index (χ1n) is 8.26. The molecule has 0 fully saturated rings. The number of allylic oxidation sites excluding steroid dienone is 1. The lowest BCUT2D eigenvalue weighted by Crippen LogP contribution is -2.49. The van der Waals surface area contributed by atoms with Gasteiger partial charge in [0.05, 0.1) is 29.3 Å². The van der Waals surface area contributed by atoms with Crippen molar-refractivity contribution in [1.82, 2.24) is 20.9 Å². The molecule has 132 valence electrons. The Kier molecular flexibility index (Phi) is 4.16. The van der Waals surface area contributed by atoms with E-state index in [2.05, 4.69) is 31.2 Å². The molecule has 0 aliphatic carbocycles. The van der Waals surface area contributed by atoms with Crippen LogP contribution in [0.1, 0.15) is 0 Å². The Balaban J connectivity index is 1.55. The molecule has 8 nitrogen and oxygen atoms in total. The molecule has 8 heteroatoms. The normalized spacial score (nSPS) is 16.6. The van der Waals surface area contributed by atoms with Crippen molar-refractivity contribution < 1.29 is 0 Å². The van der Waals surface area contributed by atoms with Crippen LogP contribution in [0.5, 0.6) is 0 Å². The van der Waals surface area contributed by atoms with E-state index in [9.17, 15) is 0 Å². The largest absolute Gasteiger partial charge is 0.395 e. The van der Waals surface area contributed by atoms with Gasteiger partial charge in [0.1, 0.15) is 5.82 Å². The van der Waals surface area contributed by atoms with Gasteiger partial charge in [0.15, 0.2) is 6.29 Å². The minimum Gasteiger partial charge on any atom is -0.395 e. The average Bonchev–Trinajstić information content (AvgIpc) is 3.13. The van der Waals surface area contributed by atoms with E-state index in [1.54, 1.807) is 12.4 Å². The number of nitrogens with zero attached hydrogens (tertiary/aromatic N) is 3. The molecule has 26 heavy (non-hydrogen) atoms. The maximum Gasteiger partial charge on any atom is 0.195 e. The molecular formula is C18H20N8. The molecule has 0 amide bonds. The highest BCUT2D eigenvalue weighted by Crippen LogP contribution is 2.20. The van der Waals surface area contributed by atoms with Gasteiger partial charge in [-0.1, -0.05) is 18.2 Å². The van der Waals surface area contributed by atoms with Crippen LogP contribution in [0.2, 0.25) is 0 Å². The number of nitrogens with two attached hydrogens (primary N) is 1. The molecule has 3 aromatic rings. The quantitative estimate of drug-likeness (QED) is 0.449. The third-order valence-electron chi connectivity index (χ3n) is 4.12. The Morgan fingerprint density at radius 2 is 2.00 bits per heavy atom. The number of rotatable bonds is 5. The first kappa shape index (κ1) is 16.0. The van der Waals surface area contributed by atoms with E-state index in [1.807, 2.05) is 60.6 Å². The summed E-state index contributed by atoms with van der Waals surface area (Å²) in [5, 5.41) is 16.6. The van der Waals surface area contributed by atoms with Crippen molar-refractivity contribution in [3.05, 3.63) is 66.2 Å². The maximum absolute atomic E-state index is 6.15. The van der Waals surface area contributed by atoms with Crippen LogP contribution in [0.3, 0.4) is 0 Å². The van der Waals surface area contributed by atoms with E-state index in [0.29, 0.717) is 5.70 Å². The van der Waals surface area contributed by atoms with Crippen LogP contribution in [0.25, 0.3) is 10.9 Å². The fraction of sp³-hybridized carbons (Fsp3) is 0.111. The molecule has 0 bridgehead atoms. The second kappa shape index (κ2) is 6.77. The van der Waals surface area contributed by atoms with Gasteiger partial charge in [0.2, 0.25) is 0 Å². The second-order valence-electron chi connectivity index (χ2n) is 5.84. The van der Waals surface area contributed by atoms with E-state index < -0.39 is 0 Å². The molecule has 2 aromatic carbocycles. The lowest BCUT2D eigenvalue weighted by molar-refractivity contribution is 0.597. The number of benzene rings is 2. The topological polar surface area (TPSA) is 106 Å². The highest BCUT2D eigenvalue weighted by molar-refractivity contribution is 5.83. The Morgan fingerprint density at radius 1 is 1.15 bits per heavy atom. The standard InChI is InChI=1S/C18H20N8/c1-20-26(14-5-3-2-4-6-14)17-15(19)11-21-18(24-17)23-13-8-7-12-10-22-25-16(12)9-13/h2-11,18,20,23-24H,19H2,1H3,(H,22,25). The molecule has 4 rings (SSSR count). The zero-order chi connectivity index (χ0) is 17.9. The van der Waals surface area contributed by atoms with E-state index in [1.165, 1.54) is 0 Å². The first-order valence-corrected chi connectivity index (χ1v) is 8.26. The van der Waals surface area contributed by atoms with E-state index in [4.69, 9.17) is 5.73 Å². The summed E-state index contributed by atoms with van der Waals surface area (Å²) in [4.78, 5) is 4.42. The smallest absolute Gasteiger partial charge is 0.195 e. The van der Waals surface area contributed by atoms with Crippen molar-refractivity contribution in [2.24, 2.45) is 10.7 Å². The van der Waals surface area contributed by atoms with Crippen LogP contribution in [-0.4, -0.2) is 29.7 Å². The van der Waals surface area contributed by atoms with Gasteiger partial charge in [-0.2, -0.15) is 5.10 Å². The third-order valence-corrected chi connectivity index (χ3v) is 4.12. The van der Waals surface area contributed by atoms with E-state index in [-0.39, 0.29) is 6.29 Å². The van der Waals surface area contributed by atoms with Crippen LogP contribution in [0.4, 0.5) is 11.4 Å². The molecule has 0 spiro atoms. The molecule has 6 N–H and O–H groups in total. The zero-order valence-corrected chi connectivity index (χ0v) is 14.3. The van der Waals surface area contributed by atoms with Gasteiger partial charge in [-0.15, -0.1) is 0 Å². The van der Waals surface area contributed by atoms with Gasteiger partial charge < -0.3 is 16.4 Å². The fourth-order valence-corrected chi connectivity index (χ4v) is 2.86. The van der Waals surface area contributed by atoms with E-state index >= 15 is 0 Å². The molecular weight excluding hydrogens is 328 g/mol. The monoisotopic (exact) mass is 348 g/mol. The SMILES string of the molecule is CNN(C1=C(N)C=NC(Nc2ccc3cn[nH]c3c2)N1)c1ccccc1. The lowest BCUT2D eigenvalue weighted by atomic mass is 10.2. The van der Waals surface area contributed by atoms with Crippen LogP contribution in [0, 0.1) is 0 Å². The summed E-state index contributed by atoms with van der Waals surface area (Å²) in [6.07, 6.45) is 3.10. The van der Waals surface area contributed by atoms with Crippen LogP contribution >= 0.6 is 0 Å². The number of hydrazine groups is 1. The number of anilines is 2.